The van der Waals surface area contributed by atoms with Gasteiger partial charge in [0.1, 0.15) is 12.6 Å². The third-order valence-electron chi connectivity index (χ3n) is 5.01. The molecule has 38 heavy (non-hydrogen) atoms. The Labute approximate surface area is 223 Å². The number of hydrogen-bond acceptors (Lipinski definition) is 9. The van der Waals surface area contributed by atoms with Gasteiger partial charge < -0.3 is 45.1 Å². The number of unbranched alkanes of at least 4 members (excludes halogenated alkanes) is 3. The number of hydrogen-bond donors (Lipinski definition) is 5. The van der Waals surface area contributed by atoms with Crippen molar-refractivity contribution in [2.24, 2.45) is 0 Å². The van der Waals surface area contributed by atoms with E-state index in [0.29, 0.717) is 52.0 Å². The minimum absolute atomic E-state index is 0.0540. The van der Waals surface area contributed by atoms with E-state index < -0.39 is 23.9 Å². The first-order valence-corrected chi connectivity index (χ1v) is 12.8. The molecule has 0 bridgehead atoms. The molecule has 0 spiro atoms. The largest absolute Gasteiger partial charge is 0.481 e. The molecule has 220 valence electrons. The molecule has 0 saturated carbocycles. The number of carbonyl (C=O) groups excluding carboxylic acids is 3. The van der Waals surface area contributed by atoms with Crippen LogP contribution in [0.25, 0.3) is 0 Å². The van der Waals surface area contributed by atoms with Gasteiger partial charge in [0.15, 0.2) is 0 Å². The van der Waals surface area contributed by atoms with Gasteiger partial charge >= 0.3 is 11.9 Å². The fraction of sp³-hybridized carbons (Fsp3) is 0.792. The normalized spacial score (nSPS) is 11.5. The maximum Gasteiger partial charge on any atom is 0.326 e. The van der Waals surface area contributed by atoms with Gasteiger partial charge in [0.2, 0.25) is 17.7 Å². The first-order valence-electron chi connectivity index (χ1n) is 12.8. The summed E-state index contributed by atoms with van der Waals surface area (Å²) in [6.07, 6.45) is 2.51. The van der Waals surface area contributed by atoms with Crippen LogP contribution in [-0.2, 0) is 42.9 Å². The van der Waals surface area contributed by atoms with Gasteiger partial charge in [0.05, 0.1) is 39.6 Å². The molecule has 0 unspecified atom stereocenters. The summed E-state index contributed by atoms with van der Waals surface area (Å²) >= 11 is 0. The molecule has 0 aliphatic rings. The third-order valence-corrected chi connectivity index (χ3v) is 5.01. The molecular weight excluding hydrogens is 506 g/mol. The Morgan fingerprint density at radius 2 is 1.24 bits per heavy atom. The number of carbonyl (C=O) groups is 5. The summed E-state index contributed by atoms with van der Waals surface area (Å²) in [7, 11) is 1.58. The van der Waals surface area contributed by atoms with Gasteiger partial charge in [-0.2, -0.15) is 0 Å². The average Bonchev–Trinajstić information content (AvgIpc) is 2.87. The molecule has 0 heterocycles. The van der Waals surface area contributed by atoms with Gasteiger partial charge in [0, 0.05) is 39.5 Å². The number of aliphatic carboxylic acids is 2. The number of nitrogens with one attached hydrogen (secondary N) is 3. The van der Waals surface area contributed by atoms with E-state index in [1.807, 2.05) is 0 Å². The average molecular weight is 550 g/mol. The Hall–Kier alpha value is -2.81. The highest BCUT2D eigenvalue weighted by molar-refractivity contribution is 5.84. The van der Waals surface area contributed by atoms with E-state index in [1.165, 1.54) is 0 Å². The highest BCUT2D eigenvalue weighted by atomic mass is 16.5. The van der Waals surface area contributed by atoms with E-state index in [-0.39, 0.29) is 70.5 Å². The standard InChI is InChI=1S/C24H43N3O11/c1-35-14-15-36-13-11-26-22(30)18-38-17-16-37-12-10-25-20(28)9-8-19(24(33)34)27-21(29)6-4-2-3-5-7-23(31)32/h19H,2-18H2,1H3,(H,25,28)(H,26,30)(H,27,29)(H,31,32)(H,33,34)/t19-/m0/s1. The van der Waals surface area contributed by atoms with E-state index >= 15 is 0 Å². The number of rotatable bonds is 26. The minimum atomic E-state index is -1.22. The van der Waals surface area contributed by atoms with Gasteiger partial charge in [-0.3, -0.25) is 19.2 Å². The van der Waals surface area contributed by atoms with Crippen molar-refractivity contribution in [3.05, 3.63) is 0 Å². The van der Waals surface area contributed by atoms with E-state index in [4.69, 9.17) is 24.1 Å². The number of ether oxygens (including phenoxy) is 4. The van der Waals surface area contributed by atoms with Crippen LogP contribution in [-0.4, -0.2) is 112 Å². The topological polar surface area (TPSA) is 199 Å². The summed E-state index contributed by atoms with van der Waals surface area (Å²) in [6, 6.07) is -1.17. The quantitative estimate of drug-likeness (QED) is 0.0887. The van der Waals surface area contributed by atoms with E-state index in [1.54, 1.807) is 7.11 Å². The van der Waals surface area contributed by atoms with Crippen molar-refractivity contribution in [3.63, 3.8) is 0 Å². The van der Waals surface area contributed by atoms with Crippen LogP contribution in [0.3, 0.4) is 0 Å². The van der Waals surface area contributed by atoms with Crippen molar-refractivity contribution in [2.75, 3.05) is 66.4 Å². The lowest BCUT2D eigenvalue weighted by Crippen LogP contribution is -2.41. The smallest absolute Gasteiger partial charge is 0.326 e. The lowest BCUT2D eigenvalue weighted by Gasteiger charge is -2.14. The van der Waals surface area contributed by atoms with Crippen LogP contribution in [0.4, 0.5) is 0 Å². The third kappa shape index (κ3) is 23.6. The molecular formula is C24H43N3O11. The Morgan fingerprint density at radius 3 is 1.84 bits per heavy atom. The van der Waals surface area contributed by atoms with Crippen molar-refractivity contribution < 1.29 is 53.1 Å². The van der Waals surface area contributed by atoms with Crippen LogP contribution in [0.15, 0.2) is 0 Å². The summed E-state index contributed by atoms with van der Waals surface area (Å²) in [5, 5.41) is 25.5. The van der Waals surface area contributed by atoms with Crippen LogP contribution in [0.2, 0.25) is 0 Å². The molecule has 5 N–H and O–H groups in total. The molecule has 0 aromatic carbocycles. The van der Waals surface area contributed by atoms with E-state index in [0.717, 1.165) is 0 Å². The Kier molecular flexibility index (Phi) is 22.7. The first-order chi connectivity index (χ1) is 18.3. The van der Waals surface area contributed by atoms with Crippen LogP contribution < -0.4 is 16.0 Å². The number of methoxy groups -OCH3 is 1. The summed E-state index contributed by atoms with van der Waals surface area (Å²) < 4.78 is 20.6. The van der Waals surface area contributed by atoms with Gasteiger partial charge in [-0.25, -0.2) is 4.79 Å². The predicted octanol–water partition coefficient (Wildman–Crippen LogP) is -0.310. The molecule has 0 saturated heterocycles. The lowest BCUT2D eigenvalue weighted by molar-refractivity contribution is -0.142. The maximum atomic E-state index is 12.0. The van der Waals surface area contributed by atoms with Crippen molar-refractivity contribution in [1.82, 2.24) is 16.0 Å². The minimum Gasteiger partial charge on any atom is -0.481 e. The van der Waals surface area contributed by atoms with Crippen molar-refractivity contribution in [2.45, 2.75) is 57.4 Å². The number of amides is 3. The van der Waals surface area contributed by atoms with Crippen LogP contribution in [0.5, 0.6) is 0 Å². The fourth-order valence-electron chi connectivity index (χ4n) is 3.01. The van der Waals surface area contributed by atoms with Gasteiger partial charge in [-0.15, -0.1) is 0 Å². The molecule has 0 aromatic rings. The lowest BCUT2D eigenvalue weighted by atomic mass is 10.1. The fourth-order valence-corrected chi connectivity index (χ4v) is 3.01. The monoisotopic (exact) mass is 549 g/mol. The highest BCUT2D eigenvalue weighted by Gasteiger charge is 2.20. The van der Waals surface area contributed by atoms with Crippen molar-refractivity contribution in [3.8, 4) is 0 Å². The molecule has 0 rings (SSSR count). The predicted molar refractivity (Wildman–Crippen MR) is 134 cm³/mol. The molecule has 14 nitrogen and oxygen atoms in total. The number of carboxylic acids is 2. The van der Waals surface area contributed by atoms with Gasteiger partial charge in [-0.05, 0) is 19.3 Å². The molecule has 0 fully saturated rings. The molecule has 1 atom stereocenters. The summed E-state index contributed by atoms with van der Waals surface area (Å²) in [5.74, 6) is -3.14. The second kappa shape index (κ2) is 24.5. The summed E-state index contributed by atoms with van der Waals surface area (Å²) in [6.45, 7) is 2.47. The van der Waals surface area contributed by atoms with E-state index in [2.05, 4.69) is 16.0 Å². The molecule has 3 amide bonds. The molecule has 14 heteroatoms. The Bertz CT molecular complexity index is 692. The zero-order valence-corrected chi connectivity index (χ0v) is 22.2. The Morgan fingerprint density at radius 1 is 0.658 bits per heavy atom. The number of carboxylic acid groups (broad SMARTS) is 2. The molecule has 0 aliphatic heterocycles. The second-order valence-electron chi connectivity index (χ2n) is 8.28. The molecule has 0 radical (unpaired) electrons. The molecule has 0 aromatic heterocycles. The van der Waals surface area contributed by atoms with Crippen molar-refractivity contribution >= 4 is 29.7 Å². The van der Waals surface area contributed by atoms with Crippen LogP contribution in [0, 0.1) is 0 Å². The van der Waals surface area contributed by atoms with Crippen molar-refractivity contribution in [1.29, 1.82) is 0 Å². The van der Waals surface area contributed by atoms with Crippen LogP contribution in [0.1, 0.15) is 51.4 Å². The van der Waals surface area contributed by atoms with Gasteiger partial charge in [0.25, 0.3) is 0 Å². The Balaban J connectivity index is 3.75. The zero-order chi connectivity index (χ0) is 28.4. The van der Waals surface area contributed by atoms with Gasteiger partial charge in [-0.1, -0.05) is 12.8 Å². The van der Waals surface area contributed by atoms with E-state index in [9.17, 15) is 29.1 Å². The molecule has 0 aliphatic carbocycles. The van der Waals surface area contributed by atoms with Crippen LogP contribution >= 0.6 is 0 Å². The summed E-state index contributed by atoms with van der Waals surface area (Å²) in [5.41, 5.74) is 0. The SMILES string of the molecule is COCCOCCNC(=O)COCCOCCNC(=O)CC[C@H](NC(=O)CCCCCCC(=O)O)C(=O)O. The highest BCUT2D eigenvalue weighted by Crippen LogP contribution is 2.06. The summed E-state index contributed by atoms with van der Waals surface area (Å²) in [4.78, 5) is 57.3. The first kappa shape index (κ1) is 35.2. The second-order valence-corrected chi connectivity index (χ2v) is 8.28. The zero-order valence-electron chi connectivity index (χ0n) is 22.2. The maximum absolute atomic E-state index is 12.0.